The predicted molar refractivity (Wildman–Crippen MR) is 67.5 cm³/mol. The second-order valence-corrected chi connectivity index (χ2v) is 4.60. The van der Waals surface area contributed by atoms with E-state index >= 15 is 0 Å². The standard InChI is InChI=1S/C12H16BrNO2/c1-8(15)3-5-11(14)9-4-6-12(16-2)10(13)7-9/h4,6-7,11H,3,5,14H2,1-2H3. The van der Waals surface area contributed by atoms with Crippen LogP contribution in [-0.4, -0.2) is 12.9 Å². The first kappa shape index (κ1) is 13.2. The molecule has 0 heterocycles. The first-order chi connectivity index (χ1) is 7.54. The first-order valence-corrected chi connectivity index (χ1v) is 5.92. The quantitative estimate of drug-likeness (QED) is 0.905. The molecule has 0 saturated carbocycles. The van der Waals surface area contributed by atoms with Crippen LogP contribution in [0.5, 0.6) is 5.75 Å². The number of ether oxygens (including phenoxy) is 1. The third-order valence-electron chi connectivity index (χ3n) is 2.41. The van der Waals surface area contributed by atoms with Gasteiger partial charge in [-0.3, -0.25) is 0 Å². The molecule has 16 heavy (non-hydrogen) atoms. The Balaban J connectivity index is 2.72. The molecule has 2 N–H and O–H groups in total. The average Bonchev–Trinajstić information content (AvgIpc) is 2.25. The summed E-state index contributed by atoms with van der Waals surface area (Å²) in [6.07, 6.45) is 1.19. The lowest BCUT2D eigenvalue weighted by Crippen LogP contribution is -2.11. The van der Waals surface area contributed by atoms with E-state index in [4.69, 9.17) is 10.5 Å². The first-order valence-electron chi connectivity index (χ1n) is 5.13. The number of halogens is 1. The molecule has 0 aliphatic rings. The Morgan fingerprint density at radius 3 is 2.75 bits per heavy atom. The van der Waals surface area contributed by atoms with E-state index in [1.165, 1.54) is 0 Å². The minimum Gasteiger partial charge on any atom is -0.496 e. The van der Waals surface area contributed by atoms with E-state index in [2.05, 4.69) is 15.9 Å². The number of hydrogen-bond acceptors (Lipinski definition) is 3. The number of Topliss-reactive ketones (excluding diaryl/α,β-unsaturated/α-hetero) is 1. The van der Waals surface area contributed by atoms with Crippen molar-refractivity contribution in [1.29, 1.82) is 0 Å². The molecule has 0 radical (unpaired) electrons. The van der Waals surface area contributed by atoms with Gasteiger partial charge in [-0.25, -0.2) is 0 Å². The molecule has 1 atom stereocenters. The van der Waals surface area contributed by atoms with Crippen LogP contribution in [0.15, 0.2) is 22.7 Å². The second kappa shape index (κ2) is 6.01. The smallest absolute Gasteiger partial charge is 0.133 e. The van der Waals surface area contributed by atoms with Crippen LogP contribution >= 0.6 is 15.9 Å². The fourth-order valence-corrected chi connectivity index (χ4v) is 2.00. The highest BCUT2D eigenvalue weighted by Crippen LogP contribution is 2.28. The highest BCUT2D eigenvalue weighted by Gasteiger charge is 2.09. The molecule has 88 valence electrons. The summed E-state index contributed by atoms with van der Waals surface area (Å²) in [5, 5.41) is 0. The summed E-state index contributed by atoms with van der Waals surface area (Å²) in [6.45, 7) is 1.58. The minimum atomic E-state index is -0.105. The van der Waals surface area contributed by atoms with Gasteiger partial charge < -0.3 is 15.3 Å². The molecule has 4 heteroatoms. The lowest BCUT2D eigenvalue weighted by molar-refractivity contribution is -0.117. The van der Waals surface area contributed by atoms with E-state index in [1.807, 2.05) is 18.2 Å². The number of hydrogen-bond donors (Lipinski definition) is 1. The molecule has 3 nitrogen and oxygen atoms in total. The van der Waals surface area contributed by atoms with Crippen LogP contribution in [-0.2, 0) is 4.79 Å². The molecule has 0 aliphatic carbocycles. The number of rotatable bonds is 5. The van der Waals surface area contributed by atoms with Crippen LogP contribution < -0.4 is 10.5 Å². The Hall–Kier alpha value is -0.870. The third-order valence-corrected chi connectivity index (χ3v) is 3.03. The van der Waals surface area contributed by atoms with E-state index in [9.17, 15) is 4.79 Å². The number of ketones is 1. The second-order valence-electron chi connectivity index (χ2n) is 3.74. The fraction of sp³-hybridized carbons (Fsp3) is 0.417. The van der Waals surface area contributed by atoms with Crippen molar-refractivity contribution in [3.63, 3.8) is 0 Å². The van der Waals surface area contributed by atoms with Gasteiger partial charge >= 0.3 is 0 Å². The Kier molecular flexibility index (Phi) is 4.96. The zero-order valence-electron chi connectivity index (χ0n) is 9.50. The monoisotopic (exact) mass is 285 g/mol. The topological polar surface area (TPSA) is 52.3 Å². The van der Waals surface area contributed by atoms with Crippen molar-refractivity contribution in [2.24, 2.45) is 5.73 Å². The zero-order valence-corrected chi connectivity index (χ0v) is 11.1. The molecule has 0 spiro atoms. The van der Waals surface area contributed by atoms with Crippen molar-refractivity contribution in [2.45, 2.75) is 25.8 Å². The van der Waals surface area contributed by atoms with Crippen LogP contribution in [0.2, 0.25) is 0 Å². The molecular formula is C12H16BrNO2. The molecule has 1 aromatic carbocycles. The van der Waals surface area contributed by atoms with Crippen LogP contribution in [0.25, 0.3) is 0 Å². The molecule has 0 amide bonds. The Labute approximate surface area is 104 Å². The third kappa shape index (κ3) is 3.61. The van der Waals surface area contributed by atoms with E-state index < -0.39 is 0 Å². The van der Waals surface area contributed by atoms with Crippen LogP contribution in [0.1, 0.15) is 31.4 Å². The normalized spacial score (nSPS) is 12.2. The van der Waals surface area contributed by atoms with Crippen molar-refractivity contribution in [2.75, 3.05) is 7.11 Å². The SMILES string of the molecule is COc1ccc(C(N)CCC(C)=O)cc1Br. The number of methoxy groups -OCH3 is 1. The summed E-state index contributed by atoms with van der Waals surface area (Å²) in [4.78, 5) is 10.9. The summed E-state index contributed by atoms with van der Waals surface area (Å²) in [6, 6.07) is 5.62. The van der Waals surface area contributed by atoms with Gasteiger partial charge in [-0.05, 0) is 47.0 Å². The Morgan fingerprint density at radius 1 is 1.56 bits per heavy atom. The van der Waals surface area contributed by atoms with Gasteiger partial charge in [0, 0.05) is 12.5 Å². The Morgan fingerprint density at radius 2 is 2.25 bits per heavy atom. The highest BCUT2D eigenvalue weighted by atomic mass is 79.9. The molecule has 1 unspecified atom stereocenters. The Bertz CT molecular complexity index is 379. The van der Waals surface area contributed by atoms with Crippen molar-refractivity contribution in [3.8, 4) is 5.75 Å². The van der Waals surface area contributed by atoms with Gasteiger partial charge in [0.1, 0.15) is 11.5 Å². The largest absolute Gasteiger partial charge is 0.496 e. The van der Waals surface area contributed by atoms with Crippen molar-refractivity contribution in [3.05, 3.63) is 28.2 Å². The van der Waals surface area contributed by atoms with E-state index in [0.717, 1.165) is 15.8 Å². The molecular weight excluding hydrogens is 270 g/mol. The molecule has 0 bridgehead atoms. The van der Waals surface area contributed by atoms with Crippen LogP contribution in [0.3, 0.4) is 0 Å². The van der Waals surface area contributed by atoms with Gasteiger partial charge in [-0.1, -0.05) is 6.07 Å². The summed E-state index contributed by atoms with van der Waals surface area (Å²) >= 11 is 3.41. The summed E-state index contributed by atoms with van der Waals surface area (Å²) in [7, 11) is 1.62. The zero-order chi connectivity index (χ0) is 12.1. The summed E-state index contributed by atoms with van der Waals surface area (Å²) in [5.74, 6) is 0.950. The highest BCUT2D eigenvalue weighted by molar-refractivity contribution is 9.10. The van der Waals surface area contributed by atoms with E-state index in [1.54, 1.807) is 14.0 Å². The maximum atomic E-state index is 10.9. The lowest BCUT2D eigenvalue weighted by Gasteiger charge is -2.12. The lowest BCUT2D eigenvalue weighted by atomic mass is 10.0. The predicted octanol–water partition coefficient (Wildman–Crippen LogP) is 2.83. The van der Waals surface area contributed by atoms with Gasteiger partial charge in [0.15, 0.2) is 0 Å². The number of nitrogens with two attached hydrogens (primary N) is 1. The van der Waals surface area contributed by atoms with Gasteiger partial charge in [0.2, 0.25) is 0 Å². The summed E-state index contributed by atoms with van der Waals surface area (Å²) in [5.41, 5.74) is 7.00. The fourth-order valence-electron chi connectivity index (χ4n) is 1.44. The number of carbonyl (C=O) groups is 1. The maximum Gasteiger partial charge on any atom is 0.133 e. The van der Waals surface area contributed by atoms with Crippen molar-refractivity contribution in [1.82, 2.24) is 0 Å². The van der Waals surface area contributed by atoms with Gasteiger partial charge in [-0.2, -0.15) is 0 Å². The van der Waals surface area contributed by atoms with Gasteiger partial charge in [0.05, 0.1) is 11.6 Å². The van der Waals surface area contributed by atoms with Gasteiger partial charge in [-0.15, -0.1) is 0 Å². The molecule has 1 rings (SSSR count). The number of carbonyl (C=O) groups excluding carboxylic acids is 1. The van der Waals surface area contributed by atoms with E-state index in [-0.39, 0.29) is 11.8 Å². The molecule has 0 saturated heterocycles. The van der Waals surface area contributed by atoms with Crippen molar-refractivity contribution < 1.29 is 9.53 Å². The maximum absolute atomic E-state index is 10.9. The average molecular weight is 286 g/mol. The molecule has 0 aliphatic heterocycles. The van der Waals surface area contributed by atoms with Crippen LogP contribution in [0.4, 0.5) is 0 Å². The molecule has 1 aromatic rings. The minimum absolute atomic E-state index is 0.105. The summed E-state index contributed by atoms with van der Waals surface area (Å²) < 4.78 is 6.02. The number of benzene rings is 1. The molecule has 0 aromatic heterocycles. The van der Waals surface area contributed by atoms with Gasteiger partial charge in [0.25, 0.3) is 0 Å². The van der Waals surface area contributed by atoms with Crippen molar-refractivity contribution >= 4 is 21.7 Å². The van der Waals surface area contributed by atoms with E-state index in [0.29, 0.717) is 12.8 Å². The van der Waals surface area contributed by atoms with Crippen LogP contribution in [0, 0.1) is 0 Å². The molecule has 0 fully saturated rings.